The molecule has 104 valence electrons. The van der Waals surface area contributed by atoms with Crippen molar-refractivity contribution >= 4 is 5.91 Å². The van der Waals surface area contributed by atoms with Crippen molar-refractivity contribution in [2.75, 3.05) is 6.54 Å². The lowest BCUT2D eigenvalue weighted by Gasteiger charge is -2.24. The molecule has 1 aromatic rings. The van der Waals surface area contributed by atoms with Crippen LogP contribution in [0.4, 0.5) is 8.78 Å². The molecule has 0 spiro atoms. The van der Waals surface area contributed by atoms with Crippen LogP contribution in [-0.2, 0) is 10.4 Å². The summed E-state index contributed by atoms with van der Waals surface area (Å²) in [5, 5.41) is 12.6. The molecule has 0 aromatic heterocycles. The fraction of sp³-hybridized carbons (Fsp3) is 0.357. The molecule has 3 nitrogen and oxygen atoms in total. The molecular weight excluding hydrogens is 252 g/mol. The minimum absolute atomic E-state index is 0.0635. The maximum Gasteiger partial charge on any atom is 0.244 e. The molecule has 1 atom stereocenters. The van der Waals surface area contributed by atoms with Crippen LogP contribution in [0, 0.1) is 11.6 Å². The van der Waals surface area contributed by atoms with Crippen LogP contribution >= 0.6 is 0 Å². The predicted octanol–water partition coefficient (Wildman–Crippen LogP) is 2.25. The number of hydrogen-bond donors (Lipinski definition) is 2. The summed E-state index contributed by atoms with van der Waals surface area (Å²) in [7, 11) is 0. The first-order valence-corrected chi connectivity index (χ1v) is 5.83. The first kappa shape index (κ1) is 15.3. The molecular formula is C14H17F2NO2. The van der Waals surface area contributed by atoms with E-state index in [1.165, 1.54) is 13.0 Å². The van der Waals surface area contributed by atoms with E-state index in [0.717, 1.165) is 17.7 Å². The number of amides is 1. The average molecular weight is 269 g/mol. The largest absolute Gasteiger partial charge is 0.383 e. The first-order chi connectivity index (χ1) is 8.72. The summed E-state index contributed by atoms with van der Waals surface area (Å²) < 4.78 is 26.4. The van der Waals surface area contributed by atoms with Crippen molar-refractivity contribution in [2.45, 2.75) is 26.4 Å². The third-order valence-electron chi connectivity index (χ3n) is 2.54. The van der Waals surface area contributed by atoms with Crippen molar-refractivity contribution in [3.8, 4) is 0 Å². The number of benzene rings is 1. The van der Waals surface area contributed by atoms with Crippen LogP contribution < -0.4 is 5.32 Å². The van der Waals surface area contributed by atoms with Gasteiger partial charge in [0.05, 0.1) is 6.54 Å². The maximum absolute atomic E-state index is 13.6. The van der Waals surface area contributed by atoms with Gasteiger partial charge in [-0.15, -0.1) is 0 Å². The average Bonchev–Trinajstić information content (AvgIpc) is 2.25. The monoisotopic (exact) mass is 269 g/mol. The molecule has 0 aliphatic heterocycles. The summed E-state index contributed by atoms with van der Waals surface area (Å²) in [6.07, 6.45) is 1.37. The number of nitrogens with one attached hydrogen (secondary N) is 1. The van der Waals surface area contributed by atoms with E-state index in [4.69, 9.17) is 0 Å². The van der Waals surface area contributed by atoms with Crippen LogP contribution in [0.2, 0.25) is 0 Å². The van der Waals surface area contributed by atoms with Gasteiger partial charge in [-0.2, -0.15) is 0 Å². The highest BCUT2D eigenvalue weighted by molar-refractivity contribution is 5.88. The lowest BCUT2D eigenvalue weighted by molar-refractivity contribution is -0.117. The molecule has 0 heterocycles. The number of hydrogen-bond acceptors (Lipinski definition) is 2. The number of carbonyl (C=O) groups excluding carboxylic acids is 1. The maximum atomic E-state index is 13.6. The van der Waals surface area contributed by atoms with Gasteiger partial charge in [0.25, 0.3) is 0 Å². The van der Waals surface area contributed by atoms with Gasteiger partial charge in [-0.05, 0) is 26.8 Å². The van der Waals surface area contributed by atoms with Gasteiger partial charge in [0.2, 0.25) is 5.91 Å². The third-order valence-corrected chi connectivity index (χ3v) is 2.54. The number of rotatable bonds is 4. The van der Waals surface area contributed by atoms with Crippen LogP contribution in [0.3, 0.4) is 0 Å². The normalized spacial score (nSPS) is 13.6. The highest BCUT2D eigenvalue weighted by Crippen LogP contribution is 2.23. The molecule has 0 unspecified atom stereocenters. The van der Waals surface area contributed by atoms with E-state index in [1.54, 1.807) is 13.8 Å². The minimum atomic E-state index is -1.61. The van der Waals surface area contributed by atoms with Crippen LogP contribution in [0.1, 0.15) is 26.3 Å². The Morgan fingerprint density at radius 1 is 1.42 bits per heavy atom. The molecule has 5 heteroatoms. The lowest BCUT2D eigenvalue weighted by atomic mass is 9.95. The molecule has 1 rings (SSSR count). The Kier molecular flexibility index (Phi) is 4.78. The van der Waals surface area contributed by atoms with E-state index in [2.05, 4.69) is 5.32 Å². The fourth-order valence-electron chi connectivity index (χ4n) is 1.59. The van der Waals surface area contributed by atoms with Crippen LogP contribution in [0.15, 0.2) is 29.8 Å². The standard InChI is InChI=1S/C14H17F2NO2/c1-9(2)6-13(18)17-8-14(3,19)11-5-4-10(15)7-12(11)16/h4-7,19H,8H2,1-3H3,(H,17,18)/t14-/m0/s1. The molecule has 0 aliphatic rings. The van der Waals surface area contributed by atoms with E-state index >= 15 is 0 Å². The molecule has 0 radical (unpaired) electrons. The second kappa shape index (κ2) is 5.93. The molecule has 0 aliphatic carbocycles. The summed E-state index contributed by atoms with van der Waals surface area (Å²) in [6.45, 7) is 4.71. The van der Waals surface area contributed by atoms with Crippen molar-refractivity contribution < 1.29 is 18.7 Å². The highest BCUT2D eigenvalue weighted by Gasteiger charge is 2.27. The Balaban J connectivity index is 2.81. The van der Waals surface area contributed by atoms with Crippen LogP contribution in [0.25, 0.3) is 0 Å². The van der Waals surface area contributed by atoms with Gasteiger partial charge in [-0.1, -0.05) is 11.6 Å². The molecule has 1 amide bonds. The van der Waals surface area contributed by atoms with E-state index in [-0.39, 0.29) is 18.0 Å². The summed E-state index contributed by atoms with van der Waals surface area (Å²) in [5.74, 6) is -1.94. The van der Waals surface area contributed by atoms with Crippen molar-refractivity contribution in [2.24, 2.45) is 0 Å². The van der Waals surface area contributed by atoms with Gasteiger partial charge < -0.3 is 10.4 Å². The number of allylic oxidation sites excluding steroid dienone is 1. The second-order valence-corrected chi connectivity index (χ2v) is 4.84. The summed E-state index contributed by atoms with van der Waals surface area (Å²) in [4.78, 5) is 11.4. The molecule has 19 heavy (non-hydrogen) atoms. The first-order valence-electron chi connectivity index (χ1n) is 5.83. The van der Waals surface area contributed by atoms with Crippen molar-refractivity contribution in [1.82, 2.24) is 5.32 Å². The lowest BCUT2D eigenvalue weighted by Crippen LogP contribution is -2.38. The van der Waals surface area contributed by atoms with E-state index in [1.807, 2.05) is 0 Å². The van der Waals surface area contributed by atoms with Crippen molar-refractivity contribution in [3.05, 3.63) is 47.0 Å². The molecule has 1 aromatic carbocycles. The molecule has 0 saturated heterocycles. The predicted molar refractivity (Wildman–Crippen MR) is 68.4 cm³/mol. The van der Waals surface area contributed by atoms with Gasteiger partial charge in [-0.3, -0.25) is 4.79 Å². The van der Waals surface area contributed by atoms with Gasteiger partial charge in [0, 0.05) is 17.7 Å². The third kappa shape index (κ3) is 4.44. The van der Waals surface area contributed by atoms with Gasteiger partial charge >= 0.3 is 0 Å². The van der Waals surface area contributed by atoms with Gasteiger partial charge in [0.1, 0.15) is 17.2 Å². The topological polar surface area (TPSA) is 49.3 Å². The van der Waals surface area contributed by atoms with E-state index in [0.29, 0.717) is 6.07 Å². The molecule has 0 saturated carbocycles. The molecule has 0 bridgehead atoms. The van der Waals surface area contributed by atoms with E-state index in [9.17, 15) is 18.7 Å². The number of halogens is 2. The Morgan fingerprint density at radius 2 is 2.05 bits per heavy atom. The number of carbonyl (C=O) groups is 1. The smallest absolute Gasteiger partial charge is 0.244 e. The zero-order valence-corrected chi connectivity index (χ0v) is 11.1. The SMILES string of the molecule is CC(C)=CC(=O)NC[C@](C)(O)c1ccc(F)cc1F. The van der Waals surface area contributed by atoms with Gasteiger partial charge in [0.15, 0.2) is 0 Å². The Bertz CT molecular complexity index is 506. The van der Waals surface area contributed by atoms with Crippen molar-refractivity contribution in [3.63, 3.8) is 0 Å². The zero-order valence-electron chi connectivity index (χ0n) is 11.1. The minimum Gasteiger partial charge on any atom is -0.383 e. The summed E-state index contributed by atoms with van der Waals surface area (Å²) in [6, 6.07) is 2.92. The zero-order chi connectivity index (χ0) is 14.6. The highest BCUT2D eigenvalue weighted by atomic mass is 19.1. The van der Waals surface area contributed by atoms with Crippen LogP contribution in [0.5, 0.6) is 0 Å². The summed E-state index contributed by atoms with van der Waals surface area (Å²) in [5.41, 5.74) is -0.861. The van der Waals surface area contributed by atoms with E-state index < -0.39 is 17.2 Å². The molecule has 0 fully saturated rings. The Hall–Kier alpha value is -1.75. The van der Waals surface area contributed by atoms with Crippen molar-refractivity contribution in [1.29, 1.82) is 0 Å². The Labute approximate surface area is 110 Å². The number of aliphatic hydroxyl groups is 1. The summed E-state index contributed by atoms with van der Waals surface area (Å²) >= 11 is 0. The molecule has 2 N–H and O–H groups in total. The fourth-order valence-corrected chi connectivity index (χ4v) is 1.59. The Morgan fingerprint density at radius 3 is 2.58 bits per heavy atom. The van der Waals surface area contributed by atoms with Gasteiger partial charge in [-0.25, -0.2) is 8.78 Å². The quantitative estimate of drug-likeness (QED) is 0.824. The van der Waals surface area contributed by atoms with Crippen LogP contribution in [-0.4, -0.2) is 17.6 Å². The second-order valence-electron chi connectivity index (χ2n) is 4.84.